The van der Waals surface area contributed by atoms with E-state index in [1.54, 1.807) is 12.2 Å². The minimum Gasteiger partial charge on any atom is -0.462 e. The quantitative estimate of drug-likeness (QED) is 0.0135. The lowest BCUT2D eigenvalue weighted by molar-refractivity contribution is -0.161. The monoisotopic (exact) mass is 1010 g/mol. The van der Waals surface area contributed by atoms with Gasteiger partial charge in [-0.1, -0.05) is 142 Å². The average molecular weight is 1010 g/mol. The molecule has 0 aromatic carbocycles. The van der Waals surface area contributed by atoms with Crippen molar-refractivity contribution in [2.75, 3.05) is 25.6 Å². The molecule has 1 aliphatic heterocycles. The first kappa shape index (κ1) is 61.0. The molecule has 1 saturated heterocycles. The number of hydrogen-bond donors (Lipinski definition) is 5. The van der Waals surface area contributed by atoms with Gasteiger partial charge < -0.3 is 39.9 Å². The van der Waals surface area contributed by atoms with Gasteiger partial charge in [0.05, 0.1) is 13.2 Å². The maximum absolute atomic E-state index is 12.8. The number of esters is 2. The summed E-state index contributed by atoms with van der Waals surface area (Å²) in [6.45, 7) is 4.28. The van der Waals surface area contributed by atoms with E-state index in [0.717, 1.165) is 74.5 Å². The highest BCUT2D eigenvalue weighted by molar-refractivity contribution is 7.61. The highest BCUT2D eigenvalue weighted by Gasteiger charge is 2.46. The van der Waals surface area contributed by atoms with E-state index >= 15 is 0 Å². The van der Waals surface area contributed by atoms with Gasteiger partial charge in [-0.2, -0.15) is 9.29 Å². The Kier molecular flexibility index (Phi) is 31.5. The summed E-state index contributed by atoms with van der Waals surface area (Å²) in [7, 11) is -10.9. The Balaban J connectivity index is 1.83. The van der Waals surface area contributed by atoms with E-state index < -0.39 is 83.7 Å². The smallest absolute Gasteiger partial charge is 0.462 e. The van der Waals surface area contributed by atoms with Crippen LogP contribution in [0.2, 0.25) is 0 Å². The van der Waals surface area contributed by atoms with Crippen LogP contribution in [-0.2, 0) is 51.1 Å². The summed E-state index contributed by atoms with van der Waals surface area (Å²) in [5.41, 5.74) is 4.57. The molecule has 68 heavy (non-hydrogen) atoms. The van der Waals surface area contributed by atoms with Crippen LogP contribution in [-0.4, -0.2) is 91.5 Å². The number of rotatable bonds is 40. The number of hydrogen-bond acceptors (Lipinski definition) is 16. The summed E-state index contributed by atoms with van der Waals surface area (Å²) in [4.78, 5) is 73.9. The standard InChI is InChI=1S/C47H81N3O16P2/c1-4-5-6-7-13-18-23-28-38(51)29-24-19-16-21-26-31-43(53)64-39(34-61-42(52)30-25-20-15-12-10-8-9-11-14-17-22-27-37(2)3)35-62-67(57,58)66-68(59,60)63-36-40-44(54)45(55)46(65-40)50-33-32-41(48)49-47(50)56/h13,18,23,28,32-33,37,39-40,44-46,54-55H,4-12,14-17,19-22,24-27,29-31,34-36H2,1-3H3,(H,57,58)(H,59,60)(H2,48,49,56)/b18-13-,28-23+/t39-,40-,44-,45-,46-/m1/s1. The number of allylic oxidation sites excluding steroid dienone is 4. The fourth-order valence-electron chi connectivity index (χ4n) is 7.30. The van der Waals surface area contributed by atoms with E-state index in [9.17, 15) is 48.3 Å². The second kappa shape index (κ2) is 35.1. The van der Waals surface area contributed by atoms with Gasteiger partial charge >= 0.3 is 33.3 Å². The van der Waals surface area contributed by atoms with Crippen LogP contribution in [0, 0.1) is 5.92 Å². The molecule has 0 saturated carbocycles. The van der Waals surface area contributed by atoms with Gasteiger partial charge in [-0.15, -0.1) is 0 Å². The van der Waals surface area contributed by atoms with E-state index in [4.69, 9.17) is 29.0 Å². The fourth-order valence-corrected chi connectivity index (χ4v) is 9.41. The number of carbonyl (C=O) groups excluding carboxylic acids is 3. The van der Waals surface area contributed by atoms with Crippen LogP contribution in [0.5, 0.6) is 0 Å². The van der Waals surface area contributed by atoms with E-state index in [-0.39, 0.29) is 24.4 Å². The van der Waals surface area contributed by atoms with Crippen LogP contribution < -0.4 is 11.4 Å². The second-order valence-electron chi connectivity index (χ2n) is 17.8. The predicted octanol–water partition coefficient (Wildman–Crippen LogP) is 8.87. The third-order valence-electron chi connectivity index (χ3n) is 11.2. The Morgan fingerprint density at radius 2 is 1.35 bits per heavy atom. The van der Waals surface area contributed by atoms with Crippen molar-refractivity contribution in [3.05, 3.63) is 47.1 Å². The molecule has 2 heterocycles. The number of nitrogen functional groups attached to an aromatic ring is 1. The molecule has 21 heteroatoms. The molecular formula is C47H81N3O16P2. The summed E-state index contributed by atoms with van der Waals surface area (Å²) in [6, 6.07) is 1.24. The maximum atomic E-state index is 12.8. The molecule has 0 aliphatic carbocycles. The number of carbonyl (C=O) groups is 3. The van der Waals surface area contributed by atoms with Crippen molar-refractivity contribution in [2.45, 2.75) is 206 Å². The van der Waals surface area contributed by atoms with Gasteiger partial charge in [0.25, 0.3) is 0 Å². The number of nitrogens with two attached hydrogens (primary N) is 1. The zero-order valence-electron chi connectivity index (χ0n) is 40.6. The topological polar surface area (TPSA) is 283 Å². The largest absolute Gasteiger partial charge is 0.481 e. The number of aromatic nitrogens is 2. The lowest BCUT2D eigenvalue weighted by Gasteiger charge is -2.21. The first-order valence-corrected chi connectivity index (χ1v) is 27.7. The average Bonchev–Trinajstić information content (AvgIpc) is 3.55. The Bertz CT molecular complexity index is 1810. The molecule has 0 bridgehead atoms. The summed E-state index contributed by atoms with van der Waals surface area (Å²) >= 11 is 0. The number of anilines is 1. The molecule has 1 fully saturated rings. The Hall–Kier alpha value is -3.09. The van der Waals surface area contributed by atoms with E-state index in [0.29, 0.717) is 32.1 Å². The van der Waals surface area contributed by atoms with Crippen LogP contribution in [0.25, 0.3) is 0 Å². The lowest BCUT2D eigenvalue weighted by atomic mass is 10.0. The Labute approximate surface area is 402 Å². The van der Waals surface area contributed by atoms with Crippen LogP contribution in [0.4, 0.5) is 5.82 Å². The molecule has 6 N–H and O–H groups in total. The minimum atomic E-state index is -5.44. The van der Waals surface area contributed by atoms with Crippen LogP contribution in [0.1, 0.15) is 181 Å². The molecule has 1 aromatic rings. The molecule has 1 aliphatic rings. The predicted molar refractivity (Wildman–Crippen MR) is 257 cm³/mol. The Morgan fingerprint density at radius 1 is 0.779 bits per heavy atom. The number of ether oxygens (including phenoxy) is 3. The van der Waals surface area contributed by atoms with Gasteiger partial charge in [-0.25, -0.2) is 13.9 Å². The first-order chi connectivity index (χ1) is 32.4. The first-order valence-electron chi connectivity index (χ1n) is 24.7. The SMILES string of the molecule is CCCCC/C=C\C=C\C(=O)CCCCCCCC(=O)O[C@H](COC(=O)CCCCCCCCCCCCCC(C)C)COP(=O)(O)OP(=O)(O)OC[C@H]1O[C@@H](n2ccc(N)nc2=O)[C@H](O)[C@@H]1O. The van der Waals surface area contributed by atoms with Gasteiger partial charge in [0.1, 0.15) is 30.7 Å². The van der Waals surface area contributed by atoms with Crippen molar-refractivity contribution in [3.8, 4) is 0 Å². The molecular weight excluding hydrogens is 924 g/mol. The molecule has 0 amide bonds. The van der Waals surface area contributed by atoms with Gasteiger partial charge in [-0.3, -0.25) is 28.0 Å². The molecule has 390 valence electrons. The van der Waals surface area contributed by atoms with Crippen LogP contribution in [0.15, 0.2) is 41.4 Å². The van der Waals surface area contributed by atoms with Crippen LogP contribution >= 0.6 is 15.6 Å². The van der Waals surface area contributed by atoms with Gasteiger partial charge in [0.15, 0.2) is 18.1 Å². The van der Waals surface area contributed by atoms with E-state index in [2.05, 4.69) is 36.1 Å². The van der Waals surface area contributed by atoms with Crippen molar-refractivity contribution in [1.82, 2.24) is 9.55 Å². The molecule has 0 spiro atoms. The highest BCUT2D eigenvalue weighted by atomic mass is 31.3. The van der Waals surface area contributed by atoms with Gasteiger partial charge in [0, 0.05) is 25.5 Å². The van der Waals surface area contributed by atoms with Crippen LogP contribution in [0.3, 0.4) is 0 Å². The minimum absolute atomic E-state index is 0.0317. The molecule has 19 nitrogen and oxygen atoms in total. The summed E-state index contributed by atoms with van der Waals surface area (Å²) < 4.78 is 56.6. The highest BCUT2D eigenvalue weighted by Crippen LogP contribution is 2.60. The summed E-state index contributed by atoms with van der Waals surface area (Å²) in [5, 5.41) is 20.9. The van der Waals surface area contributed by atoms with Crippen molar-refractivity contribution < 1.29 is 71.1 Å². The number of phosphoric ester groups is 2. The third kappa shape index (κ3) is 28.5. The number of ketones is 1. The molecule has 1 aromatic heterocycles. The van der Waals surface area contributed by atoms with Gasteiger partial charge in [-0.05, 0) is 50.2 Å². The van der Waals surface area contributed by atoms with E-state index in [1.165, 1.54) is 57.4 Å². The summed E-state index contributed by atoms with van der Waals surface area (Å²) in [6.07, 6.45) is 22.4. The lowest BCUT2D eigenvalue weighted by Crippen LogP contribution is -2.36. The fraction of sp³-hybridized carbons (Fsp3) is 0.766. The molecule has 2 rings (SSSR count). The zero-order valence-corrected chi connectivity index (χ0v) is 42.4. The number of nitrogens with zero attached hydrogens (tertiary/aromatic N) is 2. The van der Waals surface area contributed by atoms with Crippen molar-refractivity contribution in [1.29, 1.82) is 0 Å². The normalized spacial score (nSPS) is 19.6. The third-order valence-corrected chi connectivity index (χ3v) is 13.8. The van der Waals surface area contributed by atoms with Crippen molar-refractivity contribution in [3.63, 3.8) is 0 Å². The Morgan fingerprint density at radius 3 is 1.96 bits per heavy atom. The number of unbranched alkanes of at least 4 members (excludes halogenated alkanes) is 17. The molecule has 0 radical (unpaired) electrons. The number of aliphatic hydroxyl groups excluding tert-OH is 2. The number of aliphatic hydroxyl groups is 2. The molecule has 7 atom stereocenters. The maximum Gasteiger partial charge on any atom is 0.481 e. The number of phosphoric acid groups is 2. The second-order valence-corrected chi connectivity index (χ2v) is 20.9. The van der Waals surface area contributed by atoms with E-state index in [1.807, 2.05) is 6.08 Å². The van der Waals surface area contributed by atoms with Gasteiger partial charge in [0.2, 0.25) is 0 Å². The zero-order chi connectivity index (χ0) is 50.2. The molecule has 2 unspecified atom stereocenters. The summed E-state index contributed by atoms with van der Waals surface area (Å²) in [5.74, 6) is -0.582. The van der Waals surface area contributed by atoms with Crippen molar-refractivity contribution in [2.24, 2.45) is 5.92 Å². The van der Waals surface area contributed by atoms with Crippen molar-refractivity contribution >= 4 is 39.2 Å².